The standard InChI is InChI=1S/C21H25NO2S/c23-20(14-7-2-1-3-8-15-25)22-19-13-9-12-18(16-19)21(24)17-10-5-4-6-11-17/h4-6,9-13,16,25H,1-3,7-8,14-15H2,(H,22,23). The molecule has 1 N–H and O–H groups in total. The normalized spacial score (nSPS) is 10.4. The fraction of sp³-hybridized carbons (Fsp3) is 0.333. The summed E-state index contributed by atoms with van der Waals surface area (Å²) in [6.45, 7) is 0. The topological polar surface area (TPSA) is 46.2 Å². The van der Waals surface area contributed by atoms with Crippen LogP contribution in [0.5, 0.6) is 0 Å². The lowest BCUT2D eigenvalue weighted by atomic mass is 10.0. The number of unbranched alkanes of at least 4 members (excludes halogenated alkanes) is 4. The summed E-state index contributed by atoms with van der Waals surface area (Å²) in [6, 6.07) is 16.3. The van der Waals surface area contributed by atoms with Crippen LogP contribution in [0.3, 0.4) is 0 Å². The number of carbonyl (C=O) groups excluding carboxylic acids is 2. The van der Waals surface area contributed by atoms with Crippen molar-refractivity contribution < 1.29 is 9.59 Å². The summed E-state index contributed by atoms with van der Waals surface area (Å²) in [5, 5.41) is 2.89. The van der Waals surface area contributed by atoms with Gasteiger partial charge in [-0.2, -0.15) is 12.6 Å². The first-order chi connectivity index (χ1) is 12.2. The Morgan fingerprint density at radius 3 is 2.24 bits per heavy atom. The summed E-state index contributed by atoms with van der Waals surface area (Å²) >= 11 is 4.19. The summed E-state index contributed by atoms with van der Waals surface area (Å²) < 4.78 is 0. The Labute approximate surface area is 155 Å². The summed E-state index contributed by atoms with van der Waals surface area (Å²) in [5.74, 6) is 0.887. The first-order valence-electron chi connectivity index (χ1n) is 8.81. The third-order valence-corrected chi connectivity index (χ3v) is 4.32. The highest BCUT2D eigenvalue weighted by Crippen LogP contribution is 2.16. The van der Waals surface area contributed by atoms with Gasteiger partial charge in [0.15, 0.2) is 5.78 Å². The van der Waals surface area contributed by atoms with E-state index in [1.54, 1.807) is 30.3 Å². The average molecular weight is 356 g/mol. The van der Waals surface area contributed by atoms with E-state index in [0.29, 0.717) is 23.2 Å². The number of benzene rings is 2. The third kappa shape index (κ3) is 6.75. The van der Waals surface area contributed by atoms with Gasteiger partial charge in [0.1, 0.15) is 0 Å². The molecule has 0 spiro atoms. The molecule has 4 heteroatoms. The van der Waals surface area contributed by atoms with Crippen LogP contribution >= 0.6 is 12.6 Å². The van der Waals surface area contributed by atoms with Gasteiger partial charge in [0.05, 0.1) is 0 Å². The molecule has 0 aliphatic rings. The number of ketones is 1. The van der Waals surface area contributed by atoms with Crippen molar-refractivity contribution in [3.05, 3.63) is 65.7 Å². The number of thiol groups is 1. The van der Waals surface area contributed by atoms with E-state index in [9.17, 15) is 9.59 Å². The van der Waals surface area contributed by atoms with Crippen LogP contribution in [0, 0.1) is 0 Å². The van der Waals surface area contributed by atoms with Crippen molar-refractivity contribution in [1.82, 2.24) is 0 Å². The monoisotopic (exact) mass is 355 g/mol. The molecule has 132 valence electrons. The molecule has 2 aromatic rings. The molecule has 0 aliphatic carbocycles. The van der Waals surface area contributed by atoms with Gasteiger partial charge in [-0.05, 0) is 30.7 Å². The quantitative estimate of drug-likeness (QED) is 0.353. The third-order valence-electron chi connectivity index (χ3n) is 4.01. The minimum atomic E-state index is -0.0408. The Hall–Kier alpha value is -2.07. The van der Waals surface area contributed by atoms with Crippen LogP contribution in [-0.2, 0) is 4.79 Å². The van der Waals surface area contributed by atoms with Gasteiger partial charge in [-0.25, -0.2) is 0 Å². The molecule has 0 fully saturated rings. The maximum absolute atomic E-state index is 12.5. The Morgan fingerprint density at radius 2 is 1.48 bits per heavy atom. The zero-order chi connectivity index (χ0) is 17.9. The van der Waals surface area contributed by atoms with Gasteiger partial charge in [-0.15, -0.1) is 0 Å². The van der Waals surface area contributed by atoms with Gasteiger partial charge in [0.25, 0.3) is 0 Å². The highest BCUT2D eigenvalue weighted by molar-refractivity contribution is 7.80. The number of amides is 1. The molecule has 2 rings (SSSR count). The number of rotatable bonds is 10. The number of nitrogens with one attached hydrogen (secondary N) is 1. The smallest absolute Gasteiger partial charge is 0.224 e. The van der Waals surface area contributed by atoms with Gasteiger partial charge in [0.2, 0.25) is 5.91 Å². The van der Waals surface area contributed by atoms with Crippen molar-refractivity contribution in [2.75, 3.05) is 11.1 Å². The van der Waals surface area contributed by atoms with E-state index < -0.39 is 0 Å². The lowest BCUT2D eigenvalue weighted by Gasteiger charge is -2.07. The largest absolute Gasteiger partial charge is 0.326 e. The maximum atomic E-state index is 12.5. The molecule has 3 nitrogen and oxygen atoms in total. The number of carbonyl (C=O) groups is 2. The molecule has 1 amide bonds. The van der Waals surface area contributed by atoms with E-state index in [0.717, 1.165) is 31.4 Å². The molecule has 0 radical (unpaired) electrons. The van der Waals surface area contributed by atoms with E-state index in [4.69, 9.17) is 0 Å². The summed E-state index contributed by atoms with van der Waals surface area (Å²) in [7, 11) is 0. The van der Waals surface area contributed by atoms with Crippen LogP contribution in [0.1, 0.15) is 54.4 Å². The molecule has 0 saturated carbocycles. The van der Waals surface area contributed by atoms with E-state index >= 15 is 0 Å². The molecule has 0 atom stereocenters. The molecule has 2 aromatic carbocycles. The first-order valence-corrected chi connectivity index (χ1v) is 9.44. The minimum Gasteiger partial charge on any atom is -0.326 e. The van der Waals surface area contributed by atoms with E-state index in [-0.39, 0.29) is 11.7 Å². The second kappa shape index (κ2) is 10.7. The van der Waals surface area contributed by atoms with Gasteiger partial charge in [0, 0.05) is 23.2 Å². The summed E-state index contributed by atoms with van der Waals surface area (Å²) in [5.41, 5.74) is 1.89. The van der Waals surface area contributed by atoms with Gasteiger partial charge < -0.3 is 5.32 Å². The number of hydrogen-bond acceptors (Lipinski definition) is 3. The van der Waals surface area contributed by atoms with Crippen LogP contribution in [0.25, 0.3) is 0 Å². The molecule has 0 saturated heterocycles. The average Bonchev–Trinajstić information content (AvgIpc) is 2.65. The van der Waals surface area contributed by atoms with Crippen molar-refractivity contribution >= 4 is 30.0 Å². The van der Waals surface area contributed by atoms with Crippen molar-refractivity contribution in [3.63, 3.8) is 0 Å². The predicted octanol–water partition coefficient (Wildman–Crippen LogP) is 5.13. The van der Waals surface area contributed by atoms with Gasteiger partial charge in [-0.3, -0.25) is 9.59 Å². The number of anilines is 1. The molecule has 0 heterocycles. The van der Waals surface area contributed by atoms with Crippen LogP contribution in [0.2, 0.25) is 0 Å². The second-order valence-corrected chi connectivity index (χ2v) is 6.51. The van der Waals surface area contributed by atoms with Crippen molar-refractivity contribution in [2.45, 2.75) is 38.5 Å². The van der Waals surface area contributed by atoms with E-state index in [1.165, 1.54) is 6.42 Å². The summed E-state index contributed by atoms with van der Waals surface area (Å²) in [6.07, 6.45) is 5.92. The van der Waals surface area contributed by atoms with Crippen LogP contribution < -0.4 is 5.32 Å². The fourth-order valence-corrected chi connectivity index (χ4v) is 2.87. The molecule has 0 unspecified atom stereocenters. The highest BCUT2D eigenvalue weighted by atomic mass is 32.1. The lowest BCUT2D eigenvalue weighted by molar-refractivity contribution is -0.116. The van der Waals surface area contributed by atoms with E-state index in [1.807, 2.05) is 24.3 Å². The highest BCUT2D eigenvalue weighted by Gasteiger charge is 2.10. The molecule has 25 heavy (non-hydrogen) atoms. The van der Waals surface area contributed by atoms with Gasteiger partial charge >= 0.3 is 0 Å². The lowest BCUT2D eigenvalue weighted by Crippen LogP contribution is -2.11. The molecule has 0 aromatic heterocycles. The SMILES string of the molecule is O=C(CCCCCCCS)Nc1cccc(C(=O)c2ccccc2)c1. The van der Waals surface area contributed by atoms with Gasteiger partial charge in [-0.1, -0.05) is 61.7 Å². The maximum Gasteiger partial charge on any atom is 0.224 e. The van der Waals surface area contributed by atoms with E-state index in [2.05, 4.69) is 17.9 Å². The summed E-state index contributed by atoms with van der Waals surface area (Å²) in [4.78, 5) is 24.5. The molecule has 0 bridgehead atoms. The van der Waals surface area contributed by atoms with Crippen molar-refractivity contribution in [1.29, 1.82) is 0 Å². The predicted molar refractivity (Wildman–Crippen MR) is 107 cm³/mol. The van der Waals surface area contributed by atoms with Crippen LogP contribution in [-0.4, -0.2) is 17.4 Å². The Bertz CT molecular complexity index is 685. The van der Waals surface area contributed by atoms with Crippen LogP contribution in [0.4, 0.5) is 5.69 Å². The van der Waals surface area contributed by atoms with Crippen LogP contribution in [0.15, 0.2) is 54.6 Å². The minimum absolute atomic E-state index is 0.00138. The fourth-order valence-electron chi connectivity index (χ4n) is 2.65. The van der Waals surface area contributed by atoms with Crippen molar-refractivity contribution in [3.8, 4) is 0 Å². The number of hydrogen-bond donors (Lipinski definition) is 2. The Morgan fingerprint density at radius 1 is 0.800 bits per heavy atom. The van der Waals surface area contributed by atoms with Crippen molar-refractivity contribution in [2.24, 2.45) is 0 Å². The second-order valence-electron chi connectivity index (χ2n) is 6.07. The Balaban J connectivity index is 1.84. The zero-order valence-electron chi connectivity index (χ0n) is 14.4. The zero-order valence-corrected chi connectivity index (χ0v) is 15.3. The molecule has 0 aliphatic heterocycles. The Kier molecular flexibility index (Phi) is 8.26. The molecular formula is C21H25NO2S. The molecular weight excluding hydrogens is 330 g/mol. The first kappa shape index (κ1) is 19.3.